The van der Waals surface area contributed by atoms with Crippen molar-refractivity contribution in [2.45, 2.75) is 32.3 Å². The Hall–Kier alpha value is -2.28. The molecular formula is C19H27NO6. The number of methoxy groups -OCH3 is 1. The first-order valence-corrected chi connectivity index (χ1v) is 8.94. The van der Waals surface area contributed by atoms with Gasteiger partial charge in [-0.2, -0.15) is 0 Å². The first-order chi connectivity index (χ1) is 12.6. The lowest BCUT2D eigenvalue weighted by molar-refractivity contribution is -0.144. The number of carbonyl (C=O) groups excluding carboxylic acids is 2. The number of benzene rings is 1. The van der Waals surface area contributed by atoms with E-state index >= 15 is 0 Å². The Morgan fingerprint density at radius 2 is 2.12 bits per heavy atom. The van der Waals surface area contributed by atoms with E-state index < -0.39 is 0 Å². The van der Waals surface area contributed by atoms with Crippen molar-refractivity contribution in [1.29, 1.82) is 0 Å². The third kappa shape index (κ3) is 6.55. The Morgan fingerprint density at radius 1 is 1.31 bits per heavy atom. The zero-order valence-corrected chi connectivity index (χ0v) is 15.4. The van der Waals surface area contributed by atoms with Gasteiger partial charge in [-0.25, -0.2) is 0 Å². The summed E-state index contributed by atoms with van der Waals surface area (Å²) >= 11 is 0. The summed E-state index contributed by atoms with van der Waals surface area (Å²) in [4.78, 5) is 25.8. The molecule has 1 atom stereocenters. The summed E-state index contributed by atoms with van der Waals surface area (Å²) in [7, 11) is 1.57. The van der Waals surface area contributed by atoms with Crippen LogP contribution in [0.2, 0.25) is 0 Å². The van der Waals surface area contributed by atoms with E-state index in [-0.39, 0.29) is 31.0 Å². The Labute approximate surface area is 154 Å². The van der Waals surface area contributed by atoms with Gasteiger partial charge in [-0.3, -0.25) is 9.59 Å². The summed E-state index contributed by atoms with van der Waals surface area (Å²) in [6.07, 6.45) is 2.08. The molecule has 0 bridgehead atoms. The lowest BCUT2D eigenvalue weighted by atomic mass is 10.2. The highest BCUT2D eigenvalue weighted by atomic mass is 16.5. The van der Waals surface area contributed by atoms with E-state index in [0.717, 1.165) is 12.8 Å². The molecule has 1 aliphatic heterocycles. The Balaban J connectivity index is 1.90. The molecule has 7 heteroatoms. The van der Waals surface area contributed by atoms with Crippen molar-refractivity contribution in [3.63, 3.8) is 0 Å². The molecule has 1 aromatic carbocycles. The lowest BCUT2D eigenvalue weighted by Crippen LogP contribution is -2.41. The fraction of sp³-hybridized carbons (Fsp3) is 0.579. The van der Waals surface area contributed by atoms with E-state index in [4.69, 9.17) is 18.9 Å². The molecule has 144 valence electrons. The molecule has 1 saturated heterocycles. The summed E-state index contributed by atoms with van der Waals surface area (Å²) in [5.74, 6) is 0.715. The molecule has 0 N–H and O–H groups in total. The molecule has 0 aromatic heterocycles. The van der Waals surface area contributed by atoms with Gasteiger partial charge in [-0.05, 0) is 31.9 Å². The maximum absolute atomic E-state index is 12.6. The molecule has 0 radical (unpaired) electrons. The van der Waals surface area contributed by atoms with Crippen LogP contribution in [0.15, 0.2) is 24.3 Å². The highest BCUT2D eigenvalue weighted by Crippen LogP contribution is 2.19. The molecular weight excluding hydrogens is 338 g/mol. The van der Waals surface area contributed by atoms with Gasteiger partial charge in [0.2, 0.25) is 0 Å². The number of hydrogen-bond donors (Lipinski definition) is 0. The van der Waals surface area contributed by atoms with Crippen LogP contribution in [0, 0.1) is 0 Å². The van der Waals surface area contributed by atoms with Crippen molar-refractivity contribution in [3.8, 4) is 11.5 Å². The highest BCUT2D eigenvalue weighted by Gasteiger charge is 2.23. The van der Waals surface area contributed by atoms with Gasteiger partial charge in [0.1, 0.15) is 11.5 Å². The SMILES string of the molecule is CCOC(=O)CCN(CC1CCCO1)C(=O)COc1cccc(OC)c1. The zero-order valence-electron chi connectivity index (χ0n) is 15.4. The number of carbonyl (C=O) groups is 2. The number of hydrogen-bond acceptors (Lipinski definition) is 6. The van der Waals surface area contributed by atoms with Crippen molar-refractivity contribution in [2.75, 3.05) is 40.0 Å². The minimum atomic E-state index is -0.314. The third-order valence-electron chi connectivity index (χ3n) is 4.10. The van der Waals surface area contributed by atoms with Crippen LogP contribution in [-0.4, -0.2) is 62.9 Å². The monoisotopic (exact) mass is 365 g/mol. The van der Waals surface area contributed by atoms with Gasteiger partial charge in [0.15, 0.2) is 6.61 Å². The third-order valence-corrected chi connectivity index (χ3v) is 4.10. The largest absolute Gasteiger partial charge is 0.497 e. The van der Waals surface area contributed by atoms with Crippen LogP contribution in [0.5, 0.6) is 11.5 Å². The van der Waals surface area contributed by atoms with Gasteiger partial charge in [0, 0.05) is 25.8 Å². The smallest absolute Gasteiger partial charge is 0.307 e. The molecule has 0 saturated carbocycles. The second-order valence-corrected chi connectivity index (χ2v) is 6.00. The lowest BCUT2D eigenvalue weighted by Gasteiger charge is -2.25. The number of amides is 1. The second kappa shape index (κ2) is 10.7. The van der Waals surface area contributed by atoms with Crippen LogP contribution in [0.25, 0.3) is 0 Å². The fourth-order valence-electron chi connectivity index (χ4n) is 2.74. The second-order valence-electron chi connectivity index (χ2n) is 6.00. The summed E-state index contributed by atoms with van der Waals surface area (Å²) in [5.41, 5.74) is 0. The number of ether oxygens (including phenoxy) is 4. The summed E-state index contributed by atoms with van der Waals surface area (Å²) in [6.45, 7) is 3.44. The van der Waals surface area contributed by atoms with Gasteiger partial charge in [-0.15, -0.1) is 0 Å². The molecule has 0 spiro atoms. The summed E-state index contributed by atoms with van der Waals surface area (Å²) in [5, 5.41) is 0. The minimum absolute atomic E-state index is 0.0120. The highest BCUT2D eigenvalue weighted by molar-refractivity contribution is 5.78. The topological polar surface area (TPSA) is 74.3 Å². The maximum Gasteiger partial charge on any atom is 0.307 e. The van der Waals surface area contributed by atoms with E-state index in [9.17, 15) is 9.59 Å². The van der Waals surface area contributed by atoms with E-state index in [0.29, 0.717) is 37.8 Å². The predicted octanol–water partition coefficient (Wildman–Crippen LogP) is 2.03. The van der Waals surface area contributed by atoms with Crippen LogP contribution in [0.1, 0.15) is 26.2 Å². The number of nitrogens with zero attached hydrogens (tertiary/aromatic N) is 1. The van der Waals surface area contributed by atoms with Gasteiger partial charge in [0.05, 0.1) is 26.2 Å². The average molecular weight is 365 g/mol. The van der Waals surface area contributed by atoms with Crippen LogP contribution in [0.3, 0.4) is 0 Å². The van der Waals surface area contributed by atoms with Crippen molar-refractivity contribution < 1.29 is 28.5 Å². The molecule has 1 fully saturated rings. The van der Waals surface area contributed by atoms with Crippen molar-refractivity contribution in [2.24, 2.45) is 0 Å². The average Bonchev–Trinajstić information content (AvgIpc) is 3.16. The van der Waals surface area contributed by atoms with Crippen molar-refractivity contribution >= 4 is 11.9 Å². The van der Waals surface area contributed by atoms with Gasteiger partial charge < -0.3 is 23.8 Å². The quantitative estimate of drug-likeness (QED) is 0.591. The molecule has 1 heterocycles. The molecule has 0 aliphatic carbocycles. The minimum Gasteiger partial charge on any atom is -0.497 e. The van der Waals surface area contributed by atoms with Crippen LogP contribution < -0.4 is 9.47 Å². The maximum atomic E-state index is 12.6. The number of rotatable bonds is 10. The molecule has 1 aromatic rings. The standard InChI is InChI=1S/C19H27NO6/c1-3-24-19(22)9-10-20(13-17-8-5-11-25-17)18(21)14-26-16-7-4-6-15(12-16)23-2/h4,6-7,12,17H,3,5,8-11,13-14H2,1-2H3. The molecule has 26 heavy (non-hydrogen) atoms. The van der Waals surface area contributed by atoms with Crippen LogP contribution in [-0.2, 0) is 19.1 Å². The number of esters is 1. The van der Waals surface area contributed by atoms with E-state index in [1.165, 1.54) is 0 Å². The van der Waals surface area contributed by atoms with Crippen molar-refractivity contribution in [3.05, 3.63) is 24.3 Å². The predicted molar refractivity (Wildman–Crippen MR) is 95.3 cm³/mol. The molecule has 1 amide bonds. The van der Waals surface area contributed by atoms with Crippen LogP contribution >= 0.6 is 0 Å². The Morgan fingerprint density at radius 3 is 2.81 bits per heavy atom. The van der Waals surface area contributed by atoms with E-state index in [1.54, 1.807) is 43.2 Å². The normalized spacial score (nSPS) is 16.2. The van der Waals surface area contributed by atoms with Crippen molar-refractivity contribution in [1.82, 2.24) is 4.90 Å². The van der Waals surface area contributed by atoms with E-state index in [2.05, 4.69) is 0 Å². The molecule has 7 nitrogen and oxygen atoms in total. The first kappa shape index (κ1) is 20.0. The Kier molecular flexibility index (Phi) is 8.21. The molecule has 1 unspecified atom stereocenters. The van der Waals surface area contributed by atoms with E-state index in [1.807, 2.05) is 0 Å². The summed E-state index contributed by atoms with van der Waals surface area (Å²) in [6, 6.07) is 7.08. The van der Waals surface area contributed by atoms with Gasteiger partial charge >= 0.3 is 5.97 Å². The van der Waals surface area contributed by atoms with Crippen LogP contribution in [0.4, 0.5) is 0 Å². The van der Waals surface area contributed by atoms with Gasteiger partial charge in [-0.1, -0.05) is 6.07 Å². The molecule has 2 rings (SSSR count). The zero-order chi connectivity index (χ0) is 18.8. The molecule has 1 aliphatic rings. The fourth-order valence-corrected chi connectivity index (χ4v) is 2.74. The summed E-state index contributed by atoms with van der Waals surface area (Å²) < 4.78 is 21.3. The van der Waals surface area contributed by atoms with Gasteiger partial charge in [0.25, 0.3) is 5.91 Å². The first-order valence-electron chi connectivity index (χ1n) is 8.94. The Bertz CT molecular complexity index is 585.